The molecule has 3 aromatic carbocycles. The van der Waals surface area contributed by atoms with E-state index < -0.39 is 78.5 Å². The van der Waals surface area contributed by atoms with Crippen LogP contribution in [0.4, 0.5) is 5.69 Å². The van der Waals surface area contributed by atoms with E-state index in [2.05, 4.69) is 18.7 Å². The van der Waals surface area contributed by atoms with Gasteiger partial charge in [0.15, 0.2) is 0 Å². The molecule has 0 radical (unpaired) electrons. The summed E-state index contributed by atoms with van der Waals surface area (Å²) in [5.74, 6) is -1.66. The number of rotatable bonds is 22. The van der Waals surface area contributed by atoms with Crippen LogP contribution in [0, 0.1) is 5.41 Å². The van der Waals surface area contributed by atoms with E-state index in [1.54, 1.807) is 54.7 Å². The van der Waals surface area contributed by atoms with Gasteiger partial charge < -0.3 is 38.5 Å². The van der Waals surface area contributed by atoms with Gasteiger partial charge in [0.2, 0.25) is 0 Å². The molecule has 4 unspecified atom stereocenters. The Morgan fingerprint density at radius 1 is 0.716 bits per heavy atom. The van der Waals surface area contributed by atoms with Gasteiger partial charge in [-0.3, -0.25) is 10.1 Å². The molecule has 4 atom stereocenters. The molecule has 3 aliphatic rings. The maximum absolute atomic E-state index is 12.8. The minimum absolute atomic E-state index is 0. The zero-order valence-electron chi connectivity index (χ0n) is 42.3. The molecule has 1 N–H and O–H groups in total. The van der Waals surface area contributed by atoms with E-state index in [0.717, 1.165) is 22.7 Å². The monoisotopic (exact) mass is 1270 g/mol. The molecule has 0 spiro atoms. The number of quaternary nitrogens is 1. The molecule has 2 heterocycles. The van der Waals surface area contributed by atoms with Crippen molar-refractivity contribution in [1.29, 1.82) is 0 Å². The average molecular weight is 1270 g/mol. The van der Waals surface area contributed by atoms with Gasteiger partial charge in [0, 0.05) is 55.4 Å². The van der Waals surface area contributed by atoms with Crippen molar-refractivity contribution in [1.82, 2.24) is 0 Å². The number of nitrogens with one attached hydrogen (secondary N) is 1. The molecule has 74 heavy (non-hydrogen) atoms. The van der Waals surface area contributed by atoms with E-state index in [-0.39, 0.29) is 298 Å². The number of fused-ring (bicyclic) bond motifs is 6. The van der Waals surface area contributed by atoms with E-state index in [0.29, 0.717) is 76.6 Å². The van der Waals surface area contributed by atoms with Crippen molar-refractivity contribution < 1.29 is 343 Å². The van der Waals surface area contributed by atoms with Crippen LogP contribution in [-0.4, -0.2) is 88.6 Å². The Morgan fingerprint density at radius 2 is 1.31 bits per heavy atom. The molecule has 1 saturated heterocycles. The van der Waals surface area contributed by atoms with Gasteiger partial charge in [-0.25, -0.2) is 33.7 Å². The number of benzene rings is 3. The molecule has 2 aliphatic heterocycles. The molecule has 31 heteroatoms. The van der Waals surface area contributed by atoms with Gasteiger partial charge in [0.1, 0.15) is 32.3 Å². The van der Waals surface area contributed by atoms with Gasteiger partial charge in [-0.1, -0.05) is 70.2 Å². The van der Waals surface area contributed by atoms with Crippen molar-refractivity contribution >= 4 is 87.1 Å². The third-order valence-electron chi connectivity index (χ3n) is 12.6. The summed E-state index contributed by atoms with van der Waals surface area (Å²) in [5, 5.41) is 29.2. The van der Waals surface area contributed by atoms with Gasteiger partial charge in [-0.05, 0) is 96.3 Å². The maximum Gasteiger partial charge on any atom is 1.00 e. The summed E-state index contributed by atoms with van der Waals surface area (Å²) in [4.78, 5) is 2.09. The van der Waals surface area contributed by atoms with Crippen molar-refractivity contribution in [3.05, 3.63) is 107 Å². The number of allylic oxidation sites excluding steroid dienone is 7. The van der Waals surface area contributed by atoms with E-state index in [1.165, 1.54) is 6.07 Å². The Morgan fingerprint density at radius 3 is 1.91 bits per heavy atom. The zero-order chi connectivity index (χ0) is 50.7. The summed E-state index contributed by atoms with van der Waals surface area (Å²) in [6.45, 7) is 8.35. The van der Waals surface area contributed by atoms with Crippen molar-refractivity contribution in [3.8, 4) is 0 Å². The average Bonchev–Trinajstić information content (AvgIpc) is 3.60. The smallest absolute Gasteiger partial charge is 0.748 e. The summed E-state index contributed by atoms with van der Waals surface area (Å²) in [6.07, 6.45) is 17.0. The molecule has 0 amide bonds. The molecule has 1 fully saturated rings. The molecule has 0 saturated carbocycles. The number of likely N-dealkylation sites (tertiary alicyclic amines) is 1. The molecule has 20 nitrogen and oxygen atoms in total. The zero-order valence-corrected chi connectivity index (χ0v) is 62.8. The molecule has 6 rings (SSSR count). The van der Waals surface area contributed by atoms with Gasteiger partial charge in [0.25, 0.3) is 0 Å². The minimum atomic E-state index is -5.06. The molecule has 0 aromatic heterocycles. The second-order valence-electron chi connectivity index (χ2n) is 17.7. The van der Waals surface area contributed by atoms with Crippen LogP contribution in [0.1, 0.15) is 76.0 Å². The van der Waals surface area contributed by atoms with Gasteiger partial charge >= 0.3 is 257 Å². The van der Waals surface area contributed by atoms with Crippen LogP contribution < -0.4 is 277 Å². The van der Waals surface area contributed by atoms with E-state index >= 15 is 0 Å². The van der Waals surface area contributed by atoms with Gasteiger partial charge in [0.05, 0.1) is 66.6 Å². The van der Waals surface area contributed by atoms with Crippen LogP contribution >= 0.6 is 24.1 Å². The molecule has 378 valence electrons. The molecule has 3 aromatic rings. The Hall–Kier alpha value is 4.66. The van der Waals surface area contributed by atoms with E-state index in [1.807, 2.05) is 50.8 Å². The fraction of sp³-hybridized carbons (Fsp3) is 0.395. The van der Waals surface area contributed by atoms with Crippen LogP contribution in [0.3, 0.4) is 0 Å². The van der Waals surface area contributed by atoms with E-state index in [4.69, 9.17) is 0 Å². The van der Waals surface area contributed by atoms with E-state index in [9.17, 15) is 62.4 Å². The predicted molar refractivity (Wildman–Crippen MR) is 245 cm³/mol. The Balaban J connectivity index is 0.00000548. The van der Waals surface area contributed by atoms with Crippen LogP contribution in [-0.2, 0) is 64.6 Å². The van der Waals surface area contributed by atoms with Crippen molar-refractivity contribution in [2.24, 2.45) is 5.41 Å². The normalized spacial score (nSPS) is 20.4. The first-order valence-corrected chi connectivity index (χ1v) is 28.5. The summed E-state index contributed by atoms with van der Waals surface area (Å²) in [6, 6.07) is 7.62. The third-order valence-corrected chi connectivity index (χ3v) is 17.1. The quantitative estimate of drug-likeness (QED) is 0.0186. The first-order valence-electron chi connectivity index (χ1n) is 21.1. The largest absolute Gasteiger partial charge is 1.00 e. The second-order valence-corrected chi connectivity index (χ2v) is 24.9. The number of anilines is 1. The van der Waals surface area contributed by atoms with Crippen LogP contribution in [0.2, 0.25) is 0 Å². The Labute approximate surface area is 654 Å². The van der Waals surface area contributed by atoms with Crippen molar-refractivity contribution in [2.75, 3.05) is 29.5 Å². The molecular weight excluding hydrogens is 1220 g/mol. The first kappa shape index (κ1) is 76.7. The van der Waals surface area contributed by atoms with Crippen LogP contribution in [0.25, 0.3) is 16.8 Å². The molecule has 0 bridgehead atoms. The van der Waals surface area contributed by atoms with Gasteiger partial charge in [-0.2, -0.15) is 8.67 Å². The topological polar surface area (TPSA) is 320 Å². The van der Waals surface area contributed by atoms with Crippen LogP contribution in [0.15, 0.2) is 110 Å². The number of hydrogen-bond acceptors (Lipinski definition) is 21. The summed E-state index contributed by atoms with van der Waals surface area (Å²) in [7, 11) is -18.9. The SMILES string of the molecule is CC1(C)\C(=C/C=C/C=C/C=C/C2[NH+](CCCCS(=O)(=O)[O-])C3C=Cc4cc(SOO[O-])cc(S(=O)(=O)[O-])c4C3C2(C)C)N(CCCCS(=O)(=O)[O-])c2ccc3cc(S(=O)(=O)[O-])cc(SOO[O-])c3c21.[K+].[K+].[K+].[K+].[K+]. The van der Waals surface area contributed by atoms with Crippen LogP contribution in [0.5, 0.6) is 0 Å². The Bertz CT molecular complexity index is 3070. The predicted octanol–water partition coefficient (Wildman–Crippen LogP) is -12.1. The minimum Gasteiger partial charge on any atom is -0.748 e. The summed E-state index contributed by atoms with van der Waals surface area (Å²) >= 11 is 0.869. The van der Waals surface area contributed by atoms with Crippen molar-refractivity contribution in [2.45, 2.75) is 96.4 Å². The third kappa shape index (κ3) is 19.9. The second kappa shape index (κ2) is 33.0. The Kier molecular flexibility index (Phi) is 34.2. The number of unbranched alkanes of at least 4 members (excludes halogenated alkanes) is 2. The van der Waals surface area contributed by atoms with Crippen molar-refractivity contribution in [3.63, 3.8) is 0 Å². The number of hydrogen-bond donors (Lipinski definition) is 1. The standard InChI is InChI=1S/C43H52N2O18S6.5K/c1-42(2)36(44(20-10-12-22-66(48,49)50)32-19-17-29-25-31(68(54,55)56)27-34(65-63-61-47)38(29)40(32)42)14-8-6-5-7-9-15-37-43(3,4)41-33(45(37)21-11-13-23-67(51,52)53)18-16-28-24-30(64-62-60-46)26-35(39(28)41)69(57,58)59;;;;;/h5-9,14-19,24-27,33,37,41,46-47H,10-13,20-23H2,1-4H3,(H,48,49,50)(H,51,52,53)(H,54,55,56)(H,57,58,59);;;;;/q;5*+1/p-5/b7-5+,8-6+,15-9+,36-14+;;;;;. The molecular formula is C43H47K5N2O18S6. The summed E-state index contributed by atoms with van der Waals surface area (Å²) < 4.78 is 152. The maximum atomic E-state index is 12.8. The fourth-order valence-electron chi connectivity index (χ4n) is 9.96. The summed E-state index contributed by atoms with van der Waals surface area (Å²) in [5.41, 5.74) is 1.18. The number of nitrogens with zero attached hydrogens (tertiary/aromatic N) is 1. The molecule has 1 aliphatic carbocycles. The first-order chi connectivity index (χ1) is 32.2. The van der Waals surface area contributed by atoms with Gasteiger partial charge in [-0.15, -0.1) is 0 Å². The fourth-order valence-corrected chi connectivity index (χ4v) is 13.6.